The fraction of sp³-hybridized carbons (Fsp3) is 0.167. The fourth-order valence-electron chi connectivity index (χ4n) is 2.07. The standard InChI is InChI=1S/C18H14BrClO/c1-12-9-14(10-13(2)18(12)19)11-16(21)8-7-15-5-3-4-6-17(15)20/h3-6,9-10H,11H2,1-2H3. The van der Waals surface area contributed by atoms with Gasteiger partial charge in [0.05, 0.1) is 5.02 Å². The molecular formula is C18H14BrClO. The summed E-state index contributed by atoms with van der Waals surface area (Å²) < 4.78 is 1.08. The number of hydrogen-bond acceptors (Lipinski definition) is 1. The first-order valence-electron chi connectivity index (χ1n) is 6.52. The monoisotopic (exact) mass is 360 g/mol. The van der Waals surface area contributed by atoms with Crippen LogP contribution in [0.25, 0.3) is 0 Å². The van der Waals surface area contributed by atoms with Crippen LogP contribution >= 0.6 is 27.5 Å². The van der Waals surface area contributed by atoms with Crippen LogP contribution in [-0.4, -0.2) is 5.78 Å². The van der Waals surface area contributed by atoms with Gasteiger partial charge in [0.1, 0.15) is 0 Å². The van der Waals surface area contributed by atoms with Crippen LogP contribution in [0, 0.1) is 25.7 Å². The molecule has 0 amide bonds. The molecule has 0 aliphatic heterocycles. The number of benzene rings is 2. The molecule has 1 nitrogen and oxygen atoms in total. The van der Waals surface area contributed by atoms with E-state index in [1.807, 2.05) is 38.1 Å². The Bertz CT molecular complexity index is 730. The van der Waals surface area contributed by atoms with Crippen molar-refractivity contribution in [3.63, 3.8) is 0 Å². The summed E-state index contributed by atoms with van der Waals surface area (Å²) >= 11 is 9.53. The molecule has 0 atom stereocenters. The second-order valence-electron chi connectivity index (χ2n) is 4.87. The molecule has 0 radical (unpaired) electrons. The molecule has 0 fully saturated rings. The summed E-state index contributed by atoms with van der Waals surface area (Å²) in [6.45, 7) is 4.03. The van der Waals surface area contributed by atoms with E-state index in [2.05, 4.69) is 27.8 Å². The molecule has 3 heteroatoms. The van der Waals surface area contributed by atoms with Crippen molar-refractivity contribution in [3.05, 3.63) is 68.1 Å². The van der Waals surface area contributed by atoms with Crippen molar-refractivity contribution >= 4 is 33.3 Å². The Morgan fingerprint density at radius 2 is 1.81 bits per heavy atom. The molecule has 2 aromatic rings. The summed E-state index contributed by atoms with van der Waals surface area (Å²) in [6, 6.07) is 11.3. The summed E-state index contributed by atoms with van der Waals surface area (Å²) in [4.78, 5) is 12.0. The third-order valence-electron chi connectivity index (χ3n) is 3.07. The van der Waals surface area contributed by atoms with Gasteiger partial charge in [0.2, 0.25) is 5.78 Å². The number of carbonyl (C=O) groups excluding carboxylic acids is 1. The van der Waals surface area contributed by atoms with E-state index in [4.69, 9.17) is 11.6 Å². The van der Waals surface area contributed by atoms with E-state index in [0.717, 1.165) is 21.2 Å². The van der Waals surface area contributed by atoms with Crippen molar-refractivity contribution in [3.8, 4) is 11.8 Å². The Morgan fingerprint density at radius 3 is 2.43 bits per heavy atom. The molecule has 0 bridgehead atoms. The van der Waals surface area contributed by atoms with Gasteiger partial charge < -0.3 is 0 Å². The Kier molecular flexibility index (Phi) is 5.22. The number of ketones is 1. The first-order valence-corrected chi connectivity index (χ1v) is 7.69. The van der Waals surface area contributed by atoms with Gasteiger partial charge in [0.25, 0.3) is 0 Å². The van der Waals surface area contributed by atoms with Crippen LogP contribution in [0.4, 0.5) is 0 Å². The van der Waals surface area contributed by atoms with Gasteiger partial charge in [0, 0.05) is 16.5 Å². The predicted molar refractivity (Wildman–Crippen MR) is 90.7 cm³/mol. The average Bonchev–Trinajstić information content (AvgIpc) is 2.44. The summed E-state index contributed by atoms with van der Waals surface area (Å²) in [7, 11) is 0. The quantitative estimate of drug-likeness (QED) is 0.697. The topological polar surface area (TPSA) is 17.1 Å². The SMILES string of the molecule is Cc1cc(CC(=O)C#Cc2ccccc2Cl)cc(C)c1Br. The van der Waals surface area contributed by atoms with Crippen molar-refractivity contribution in [2.45, 2.75) is 20.3 Å². The second-order valence-corrected chi connectivity index (χ2v) is 6.07. The van der Waals surface area contributed by atoms with Gasteiger partial charge in [0.15, 0.2) is 0 Å². The zero-order valence-electron chi connectivity index (χ0n) is 11.8. The number of halogens is 2. The van der Waals surface area contributed by atoms with Gasteiger partial charge in [-0.25, -0.2) is 0 Å². The summed E-state index contributed by atoms with van der Waals surface area (Å²) in [6.07, 6.45) is 0.312. The number of Topliss-reactive ketones (excluding diaryl/α,β-unsaturated/α-hetero) is 1. The van der Waals surface area contributed by atoms with Gasteiger partial charge in [-0.15, -0.1) is 0 Å². The molecule has 0 unspecified atom stereocenters. The maximum absolute atomic E-state index is 12.0. The van der Waals surface area contributed by atoms with Gasteiger partial charge in [-0.05, 0) is 48.6 Å². The zero-order chi connectivity index (χ0) is 15.4. The van der Waals surface area contributed by atoms with Gasteiger partial charge in [-0.3, -0.25) is 4.79 Å². The number of aryl methyl sites for hydroxylation is 2. The smallest absolute Gasteiger partial charge is 0.210 e. The lowest BCUT2D eigenvalue weighted by molar-refractivity contribution is -0.113. The summed E-state index contributed by atoms with van der Waals surface area (Å²) in [5.74, 6) is 5.37. The van der Waals surface area contributed by atoms with E-state index < -0.39 is 0 Å². The van der Waals surface area contributed by atoms with Crippen LogP contribution in [0.2, 0.25) is 5.02 Å². The van der Waals surface area contributed by atoms with Crippen molar-refractivity contribution in [2.24, 2.45) is 0 Å². The van der Waals surface area contributed by atoms with E-state index in [-0.39, 0.29) is 5.78 Å². The minimum Gasteiger partial charge on any atom is -0.285 e. The maximum Gasteiger partial charge on any atom is 0.210 e. The third-order valence-corrected chi connectivity index (χ3v) is 4.65. The van der Waals surface area contributed by atoms with E-state index in [1.54, 1.807) is 12.1 Å². The molecule has 0 spiro atoms. The molecule has 0 aromatic heterocycles. The number of hydrogen-bond donors (Lipinski definition) is 0. The number of rotatable bonds is 2. The summed E-state index contributed by atoms with van der Waals surface area (Å²) in [5, 5.41) is 0.563. The Labute approximate surface area is 138 Å². The minimum atomic E-state index is -0.115. The maximum atomic E-state index is 12.0. The Morgan fingerprint density at radius 1 is 1.19 bits per heavy atom. The van der Waals surface area contributed by atoms with E-state index in [1.165, 1.54) is 0 Å². The van der Waals surface area contributed by atoms with Crippen LogP contribution < -0.4 is 0 Å². The molecule has 0 saturated carbocycles. The van der Waals surface area contributed by atoms with E-state index in [9.17, 15) is 4.79 Å². The lowest BCUT2D eigenvalue weighted by Crippen LogP contribution is -2.00. The van der Waals surface area contributed by atoms with Crippen molar-refractivity contribution in [1.82, 2.24) is 0 Å². The van der Waals surface area contributed by atoms with Crippen LogP contribution in [0.15, 0.2) is 40.9 Å². The lowest BCUT2D eigenvalue weighted by atomic mass is 10.0. The lowest BCUT2D eigenvalue weighted by Gasteiger charge is -2.06. The van der Waals surface area contributed by atoms with Gasteiger partial charge in [-0.1, -0.05) is 57.7 Å². The van der Waals surface area contributed by atoms with Crippen LogP contribution in [0.3, 0.4) is 0 Å². The van der Waals surface area contributed by atoms with Crippen molar-refractivity contribution in [1.29, 1.82) is 0 Å². The highest BCUT2D eigenvalue weighted by molar-refractivity contribution is 9.10. The molecule has 21 heavy (non-hydrogen) atoms. The molecule has 0 aliphatic carbocycles. The third kappa shape index (κ3) is 4.20. The molecule has 106 valence electrons. The molecule has 0 N–H and O–H groups in total. The molecular weight excluding hydrogens is 348 g/mol. The Balaban J connectivity index is 2.15. The second kappa shape index (κ2) is 6.93. The minimum absolute atomic E-state index is 0.115. The number of carbonyl (C=O) groups is 1. The highest BCUT2D eigenvalue weighted by atomic mass is 79.9. The van der Waals surface area contributed by atoms with Crippen molar-refractivity contribution < 1.29 is 4.79 Å². The molecule has 0 aliphatic rings. The first kappa shape index (κ1) is 15.8. The average molecular weight is 362 g/mol. The van der Waals surface area contributed by atoms with E-state index >= 15 is 0 Å². The van der Waals surface area contributed by atoms with Gasteiger partial charge in [-0.2, -0.15) is 0 Å². The first-order chi connectivity index (χ1) is 9.97. The van der Waals surface area contributed by atoms with Crippen molar-refractivity contribution in [2.75, 3.05) is 0 Å². The van der Waals surface area contributed by atoms with Crippen LogP contribution in [-0.2, 0) is 11.2 Å². The van der Waals surface area contributed by atoms with E-state index in [0.29, 0.717) is 17.0 Å². The zero-order valence-corrected chi connectivity index (χ0v) is 14.2. The molecule has 0 saturated heterocycles. The normalized spacial score (nSPS) is 9.90. The van der Waals surface area contributed by atoms with Gasteiger partial charge >= 0.3 is 0 Å². The highest BCUT2D eigenvalue weighted by Gasteiger charge is 2.05. The van der Waals surface area contributed by atoms with Crippen LogP contribution in [0.5, 0.6) is 0 Å². The largest absolute Gasteiger partial charge is 0.285 e. The molecule has 2 rings (SSSR count). The Hall–Kier alpha value is -1.56. The summed E-state index contributed by atoms with van der Waals surface area (Å²) in [5.41, 5.74) is 3.90. The van der Waals surface area contributed by atoms with Crippen LogP contribution in [0.1, 0.15) is 22.3 Å². The molecule has 2 aromatic carbocycles. The molecule has 0 heterocycles. The fourth-order valence-corrected chi connectivity index (χ4v) is 2.48. The highest BCUT2D eigenvalue weighted by Crippen LogP contribution is 2.22. The predicted octanol–water partition coefficient (Wildman–Crippen LogP) is 4.88.